The number of rotatable bonds is 6. The van der Waals surface area contributed by atoms with Gasteiger partial charge >= 0.3 is 5.97 Å². The molecule has 1 spiro atoms. The number of nitrogens with zero attached hydrogens (tertiary/aromatic N) is 1. The van der Waals surface area contributed by atoms with Crippen molar-refractivity contribution in [1.82, 2.24) is 9.62 Å². The van der Waals surface area contributed by atoms with Crippen LogP contribution in [0.2, 0.25) is 0 Å². The van der Waals surface area contributed by atoms with Crippen LogP contribution in [0.5, 0.6) is 0 Å². The molecule has 1 fully saturated rings. The molecule has 2 aliphatic rings. The van der Waals surface area contributed by atoms with E-state index in [0.717, 1.165) is 19.1 Å². The molecule has 0 radical (unpaired) electrons. The zero-order valence-electron chi connectivity index (χ0n) is 17.1. The smallest absolute Gasteiger partial charge is 0.335 e. The van der Waals surface area contributed by atoms with E-state index in [1.165, 1.54) is 9.87 Å². The van der Waals surface area contributed by atoms with Crippen molar-refractivity contribution in [3.05, 3.63) is 47.0 Å². The Hall–Kier alpha value is -2.19. The van der Waals surface area contributed by atoms with E-state index in [1.807, 2.05) is 25.1 Å². The largest absolute Gasteiger partial charge is 0.450 e. The average Bonchev–Trinajstić information content (AvgIpc) is 2.90. The minimum absolute atomic E-state index is 0.0770. The Balaban J connectivity index is 1.68. The highest BCUT2D eigenvalue weighted by Gasteiger charge is 2.51. The molecule has 2 heterocycles. The van der Waals surface area contributed by atoms with Crippen LogP contribution >= 0.6 is 0 Å². The van der Waals surface area contributed by atoms with Gasteiger partial charge in [0.1, 0.15) is 5.60 Å². The van der Waals surface area contributed by atoms with Crippen LogP contribution in [0, 0.1) is 0 Å². The predicted octanol–water partition coefficient (Wildman–Crippen LogP) is 1.79. The maximum atomic E-state index is 13.0. The van der Waals surface area contributed by atoms with E-state index in [9.17, 15) is 18.0 Å². The summed E-state index contributed by atoms with van der Waals surface area (Å²) in [6, 6.07) is 9.97. The Labute approximate surface area is 172 Å². The maximum absolute atomic E-state index is 13.0. The summed E-state index contributed by atoms with van der Waals surface area (Å²) in [6.45, 7) is 3.98. The quantitative estimate of drug-likeness (QED) is 0.709. The molecule has 1 unspecified atom stereocenters. The first-order valence-corrected chi connectivity index (χ1v) is 11.7. The first kappa shape index (κ1) is 21.5. The lowest BCUT2D eigenvalue weighted by atomic mass is 9.83. The molecule has 2 aliphatic heterocycles. The van der Waals surface area contributed by atoms with Crippen LogP contribution in [0.25, 0.3) is 0 Å². The summed E-state index contributed by atoms with van der Waals surface area (Å²) < 4.78 is 30.6. The second kappa shape index (κ2) is 8.28. The van der Waals surface area contributed by atoms with Gasteiger partial charge in [0.2, 0.25) is 10.0 Å². The minimum atomic E-state index is -3.31. The first-order valence-electron chi connectivity index (χ1n) is 9.87. The van der Waals surface area contributed by atoms with Crippen molar-refractivity contribution in [2.45, 2.75) is 51.2 Å². The van der Waals surface area contributed by atoms with Gasteiger partial charge in [-0.2, -0.15) is 0 Å². The fraction of sp³-hybridized carbons (Fsp3) is 0.524. The van der Waals surface area contributed by atoms with Crippen molar-refractivity contribution in [2.24, 2.45) is 0 Å². The second-order valence-corrected chi connectivity index (χ2v) is 9.93. The summed E-state index contributed by atoms with van der Waals surface area (Å²) in [5, 5.41) is 3.00. The molecule has 1 atom stereocenters. The van der Waals surface area contributed by atoms with Crippen molar-refractivity contribution < 1.29 is 22.7 Å². The number of carbonyl (C=O) groups excluding carboxylic acids is 2. The number of carbonyl (C=O) groups is 2. The molecular formula is C21H28N2O5S. The summed E-state index contributed by atoms with van der Waals surface area (Å²) in [7, 11) is -3.31. The van der Waals surface area contributed by atoms with E-state index < -0.39 is 21.6 Å². The Bertz CT molecular complexity index is 916. The third-order valence-corrected chi connectivity index (χ3v) is 7.04. The molecule has 0 bridgehead atoms. The topological polar surface area (TPSA) is 92.8 Å². The highest BCUT2D eigenvalue weighted by atomic mass is 32.2. The van der Waals surface area contributed by atoms with Gasteiger partial charge in [-0.05, 0) is 32.3 Å². The third kappa shape index (κ3) is 4.70. The number of ether oxygens (including phenoxy) is 1. The molecule has 1 N–H and O–H groups in total. The molecule has 1 aromatic rings. The molecule has 1 saturated heterocycles. The van der Waals surface area contributed by atoms with Crippen molar-refractivity contribution in [3.8, 4) is 0 Å². The number of nitrogens with one attached hydrogen (secondary N) is 1. The van der Waals surface area contributed by atoms with E-state index in [0.29, 0.717) is 11.1 Å². The Morgan fingerprint density at radius 1 is 1.24 bits per heavy atom. The standard InChI is InChI=1S/C21H28N2O5S/c1-15(9-10-17-7-5-4-6-8-17)22-19(24)18-16(2)20(25)28-21(18)11-13-23(14-12-21)29(3,26)27/h4-8,15H,9-14H2,1-3H3,(H,22,24). The van der Waals surface area contributed by atoms with E-state index in [2.05, 4.69) is 17.4 Å². The van der Waals surface area contributed by atoms with Crippen LogP contribution in [0.4, 0.5) is 0 Å². The molecule has 1 aromatic carbocycles. The number of amides is 1. The van der Waals surface area contributed by atoms with Gasteiger partial charge in [0.15, 0.2) is 0 Å². The van der Waals surface area contributed by atoms with Gasteiger partial charge in [-0.25, -0.2) is 17.5 Å². The number of sulfonamides is 1. The lowest BCUT2D eigenvalue weighted by Crippen LogP contribution is -2.50. The number of piperidine rings is 1. The summed E-state index contributed by atoms with van der Waals surface area (Å²) in [4.78, 5) is 25.3. The van der Waals surface area contributed by atoms with E-state index in [4.69, 9.17) is 4.74 Å². The monoisotopic (exact) mass is 420 g/mol. The van der Waals surface area contributed by atoms with Gasteiger partial charge in [-0.3, -0.25) is 4.79 Å². The summed E-state index contributed by atoms with van der Waals surface area (Å²) in [6.07, 6.45) is 3.33. The second-order valence-electron chi connectivity index (χ2n) is 7.94. The SMILES string of the molecule is CC1=C(C(=O)NC(C)CCc2ccccc2)C2(CCN(S(C)(=O)=O)CC2)OC1=O. The molecule has 7 nitrogen and oxygen atoms in total. The average molecular weight is 421 g/mol. The van der Waals surface area contributed by atoms with Crippen molar-refractivity contribution in [1.29, 1.82) is 0 Å². The van der Waals surface area contributed by atoms with Gasteiger partial charge < -0.3 is 10.1 Å². The van der Waals surface area contributed by atoms with Gasteiger partial charge in [0.05, 0.1) is 11.8 Å². The molecule has 0 saturated carbocycles. The zero-order chi connectivity index (χ0) is 21.2. The summed E-state index contributed by atoms with van der Waals surface area (Å²) in [5.74, 6) is -0.804. The Morgan fingerprint density at radius 2 is 1.86 bits per heavy atom. The maximum Gasteiger partial charge on any atom is 0.335 e. The van der Waals surface area contributed by atoms with E-state index in [-0.39, 0.29) is 37.9 Å². The molecule has 158 valence electrons. The van der Waals surface area contributed by atoms with Crippen molar-refractivity contribution in [3.63, 3.8) is 0 Å². The molecule has 0 aromatic heterocycles. The summed E-state index contributed by atoms with van der Waals surface area (Å²) in [5.41, 5.74) is 0.826. The minimum Gasteiger partial charge on any atom is -0.450 e. The van der Waals surface area contributed by atoms with Gasteiger partial charge in [0, 0.05) is 37.5 Å². The number of benzene rings is 1. The van der Waals surface area contributed by atoms with Gasteiger partial charge in [0.25, 0.3) is 5.91 Å². The lowest BCUT2D eigenvalue weighted by molar-refractivity contribution is -0.150. The van der Waals surface area contributed by atoms with E-state index in [1.54, 1.807) is 6.92 Å². The molecule has 8 heteroatoms. The number of hydrogen-bond acceptors (Lipinski definition) is 5. The zero-order valence-corrected chi connectivity index (χ0v) is 17.9. The third-order valence-electron chi connectivity index (χ3n) is 5.74. The molecule has 0 aliphatic carbocycles. The highest BCUT2D eigenvalue weighted by molar-refractivity contribution is 7.88. The van der Waals surface area contributed by atoms with Crippen LogP contribution in [-0.2, 0) is 30.8 Å². The first-order chi connectivity index (χ1) is 13.6. The molecular weight excluding hydrogens is 392 g/mol. The highest BCUT2D eigenvalue weighted by Crippen LogP contribution is 2.41. The predicted molar refractivity (Wildman–Crippen MR) is 110 cm³/mol. The number of esters is 1. The molecule has 1 amide bonds. The normalized spacial score (nSPS) is 20.6. The summed E-state index contributed by atoms with van der Waals surface area (Å²) >= 11 is 0. The fourth-order valence-electron chi connectivity index (χ4n) is 4.05. The molecule has 29 heavy (non-hydrogen) atoms. The fourth-order valence-corrected chi connectivity index (χ4v) is 4.90. The Morgan fingerprint density at radius 3 is 2.45 bits per heavy atom. The van der Waals surface area contributed by atoms with Crippen LogP contribution in [0.15, 0.2) is 41.5 Å². The van der Waals surface area contributed by atoms with E-state index >= 15 is 0 Å². The van der Waals surface area contributed by atoms with Crippen molar-refractivity contribution in [2.75, 3.05) is 19.3 Å². The van der Waals surface area contributed by atoms with Crippen LogP contribution in [0.3, 0.4) is 0 Å². The lowest BCUT2D eigenvalue weighted by Gasteiger charge is -2.38. The number of hydrogen-bond donors (Lipinski definition) is 1. The Kier molecular flexibility index (Phi) is 6.14. The van der Waals surface area contributed by atoms with Crippen LogP contribution < -0.4 is 5.32 Å². The van der Waals surface area contributed by atoms with Gasteiger partial charge in [-0.15, -0.1) is 0 Å². The van der Waals surface area contributed by atoms with Gasteiger partial charge in [-0.1, -0.05) is 30.3 Å². The van der Waals surface area contributed by atoms with Crippen molar-refractivity contribution >= 4 is 21.9 Å². The molecule has 3 rings (SSSR count). The number of aryl methyl sites for hydroxylation is 1. The van der Waals surface area contributed by atoms with Crippen LogP contribution in [-0.4, -0.2) is 55.6 Å². The van der Waals surface area contributed by atoms with Crippen LogP contribution in [0.1, 0.15) is 38.7 Å².